The summed E-state index contributed by atoms with van der Waals surface area (Å²) in [6.07, 6.45) is 2.40. The minimum Gasteiger partial charge on any atom is -0.497 e. The van der Waals surface area contributed by atoms with Crippen molar-refractivity contribution in [3.63, 3.8) is 0 Å². The number of aromatic nitrogens is 2. The number of likely N-dealkylation sites (tertiary alicyclic amines) is 1. The largest absolute Gasteiger partial charge is 0.497 e. The van der Waals surface area contributed by atoms with E-state index in [0.717, 1.165) is 22.7 Å². The molecule has 1 aromatic carbocycles. The van der Waals surface area contributed by atoms with Gasteiger partial charge in [-0.2, -0.15) is 0 Å². The predicted octanol–water partition coefficient (Wildman–Crippen LogP) is 2.23. The normalized spacial score (nSPS) is 14.6. The Balaban J connectivity index is 1.91. The zero-order chi connectivity index (χ0) is 14.8. The highest BCUT2D eigenvalue weighted by Gasteiger charge is 2.34. The summed E-state index contributed by atoms with van der Waals surface area (Å²) >= 11 is 0. The molecule has 1 N–H and O–H groups in total. The Morgan fingerprint density at radius 1 is 1.33 bits per heavy atom. The van der Waals surface area contributed by atoms with Crippen LogP contribution >= 0.6 is 0 Å². The molecule has 1 aliphatic heterocycles. The Kier molecular flexibility index (Phi) is 3.43. The average molecular weight is 285 g/mol. The molecule has 1 fully saturated rings. The van der Waals surface area contributed by atoms with Gasteiger partial charge in [-0.25, -0.2) is 4.79 Å². The Hall–Kier alpha value is -2.63. The van der Waals surface area contributed by atoms with Crippen LogP contribution in [0, 0.1) is 0 Å². The van der Waals surface area contributed by atoms with Crippen LogP contribution in [0.1, 0.15) is 11.6 Å². The van der Waals surface area contributed by atoms with Gasteiger partial charge in [-0.05, 0) is 12.1 Å². The number of hydrogen-bond acceptors (Lipinski definition) is 4. The molecule has 2 heterocycles. The first-order chi connectivity index (χ1) is 10.2. The summed E-state index contributed by atoms with van der Waals surface area (Å²) in [6, 6.07) is 7.62. The maximum Gasteiger partial charge on any atom is 0.407 e. The maximum absolute atomic E-state index is 10.9. The zero-order valence-electron chi connectivity index (χ0n) is 11.6. The number of methoxy groups -OCH3 is 1. The lowest BCUT2D eigenvalue weighted by Crippen LogP contribution is -2.48. The second kappa shape index (κ2) is 5.40. The SMILES string of the molecule is COc1cccc(-c2nccnc2C2CN(C(=O)O)C2)c1. The quantitative estimate of drug-likeness (QED) is 0.936. The van der Waals surface area contributed by atoms with Gasteiger partial charge in [-0.3, -0.25) is 9.97 Å². The Morgan fingerprint density at radius 3 is 2.81 bits per heavy atom. The average Bonchev–Trinajstić information content (AvgIpc) is 2.46. The molecule has 0 saturated carbocycles. The molecule has 0 atom stereocenters. The van der Waals surface area contributed by atoms with Gasteiger partial charge in [0, 0.05) is 37.0 Å². The molecule has 108 valence electrons. The number of rotatable bonds is 3. The molecule has 1 aromatic heterocycles. The van der Waals surface area contributed by atoms with E-state index in [1.54, 1.807) is 19.5 Å². The number of ether oxygens (including phenoxy) is 1. The van der Waals surface area contributed by atoms with Gasteiger partial charge in [-0.15, -0.1) is 0 Å². The molecular formula is C15H15N3O3. The van der Waals surface area contributed by atoms with E-state index < -0.39 is 6.09 Å². The van der Waals surface area contributed by atoms with Crippen LogP contribution in [-0.4, -0.2) is 46.3 Å². The van der Waals surface area contributed by atoms with Crippen molar-refractivity contribution in [1.82, 2.24) is 14.9 Å². The minimum atomic E-state index is -0.891. The number of carboxylic acid groups (broad SMARTS) is 1. The second-order valence-electron chi connectivity index (χ2n) is 4.91. The third kappa shape index (κ3) is 2.52. The number of hydrogen-bond donors (Lipinski definition) is 1. The van der Waals surface area contributed by atoms with Gasteiger partial charge in [0.2, 0.25) is 0 Å². The fourth-order valence-corrected chi connectivity index (χ4v) is 2.45. The van der Waals surface area contributed by atoms with Gasteiger partial charge < -0.3 is 14.7 Å². The van der Waals surface area contributed by atoms with Crippen molar-refractivity contribution < 1.29 is 14.6 Å². The first-order valence-corrected chi connectivity index (χ1v) is 6.62. The van der Waals surface area contributed by atoms with Crippen molar-refractivity contribution in [2.75, 3.05) is 20.2 Å². The lowest BCUT2D eigenvalue weighted by molar-refractivity contribution is 0.104. The van der Waals surface area contributed by atoms with E-state index >= 15 is 0 Å². The number of nitrogens with zero attached hydrogens (tertiary/aromatic N) is 3. The van der Waals surface area contributed by atoms with E-state index in [-0.39, 0.29) is 5.92 Å². The first kappa shape index (κ1) is 13.4. The van der Waals surface area contributed by atoms with Gasteiger partial charge in [0.15, 0.2) is 0 Å². The van der Waals surface area contributed by atoms with Crippen molar-refractivity contribution in [2.24, 2.45) is 0 Å². The lowest BCUT2D eigenvalue weighted by atomic mass is 9.93. The van der Waals surface area contributed by atoms with Gasteiger partial charge in [0.05, 0.1) is 18.5 Å². The molecule has 2 aromatic rings. The smallest absolute Gasteiger partial charge is 0.407 e. The monoisotopic (exact) mass is 285 g/mol. The number of amides is 1. The molecule has 0 bridgehead atoms. The summed E-state index contributed by atoms with van der Waals surface area (Å²) in [5, 5.41) is 8.93. The molecule has 1 amide bonds. The fourth-order valence-electron chi connectivity index (χ4n) is 2.45. The summed E-state index contributed by atoms with van der Waals surface area (Å²) in [4.78, 5) is 21.1. The first-order valence-electron chi connectivity index (χ1n) is 6.62. The van der Waals surface area contributed by atoms with Crippen molar-refractivity contribution in [3.8, 4) is 17.0 Å². The molecule has 0 unspecified atom stereocenters. The fraction of sp³-hybridized carbons (Fsp3) is 0.267. The molecule has 3 rings (SSSR count). The van der Waals surface area contributed by atoms with Crippen molar-refractivity contribution >= 4 is 6.09 Å². The second-order valence-corrected chi connectivity index (χ2v) is 4.91. The molecule has 0 aliphatic carbocycles. The molecule has 6 nitrogen and oxygen atoms in total. The molecule has 6 heteroatoms. The molecule has 1 saturated heterocycles. The van der Waals surface area contributed by atoms with Crippen molar-refractivity contribution in [1.29, 1.82) is 0 Å². The highest BCUT2D eigenvalue weighted by Crippen LogP contribution is 2.32. The Morgan fingerprint density at radius 2 is 2.10 bits per heavy atom. The Bertz CT molecular complexity index is 669. The van der Waals surface area contributed by atoms with Crippen LogP contribution in [0.25, 0.3) is 11.3 Å². The van der Waals surface area contributed by atoms with E-state index in [9.17, 15) is 4.79 Å². The predicted molar refractivity (Wildman–Crippen MR) is 76.4 cm³/mol. The Labute approximate surface area is 122 Å². The minimum absolute atomic E-state index is 0.0935. The van der Waals surface area contributed by atoms with E-state index in [2.05, 4.69) is 9.97 Å². The van der Waals surface area contributed by atoms with Gasteiger partial charge in [0.1, 0.15) is 5.75 Å². The van der Waals surface area contributed by atoms with Crippen LogP contribution in [0.5, 0.6) is 5.75 Å². The van der Waals surface area contributed by atoms with E-state index in [0.29, 0.717) is 13.1 Å². The third-order valence-electron chi connectivity index (χ3n) is 3.61. The number of benzene rings is 1. The summed E-state index contributed by atoms with van der Waals surface area (Å²) in [5.41, 5.74) is 2.54. The zero-order valence-corrected chi connectivity index (χ0v) is 11.6. The van der Waals surface area contributed by atoms with Crippen LogP contribution < -0.4 is 4.74 Å². The van der Waals surface area contributed by atoms with E-state index in [4.69, 9.17) is 9.84 Å². The van der Waals surface area contributed by atoms with Gasteiger partial charge in [0.25, 0.3) is 0 Å². The molecular weight excluding hydrogens is 270 g/mol. The standard InChI is InChI=1S/C15H15N3O3/c1-21-12-4-2-3-10(7-12)13-14(17-6-5-16-13)11-8-18(9-11)15(19)20/h2-7,11H,8-9H2,1H3,(H,19,20). The van der Waals surface area contributed by atoms with E-state index in [1.807, 2.05) is 24.3 Å². The number of carbonyl (C=O) groups is 1. The van der Waals surface area contributed by atoms with Crippen LogP contribution in [0.15, 0.2) is 36.7 Å². The maximum atomic E-state index is 10.9. The summed E-state index contributed by atoms with van der Waals surface area (Å²) in [5.74, 6) is 0.848. The highest BCUT2D eigenvalue weighted by molar-refractivity contribution is 5.68. The third-order valence-corrected chi connectivity index (χ3v) is 3.61. The van der Waals surface area contributed by atoms with E-state index in [1.165, 1.54) is 4.90 Å². The lowest BCUT2D eigenvalue weighted by Gasteiger charge is -2.37. The molecule has 0 radical (unpaired) electrons. The molecule has 21 heavy (non-hydrogen) atoms. The van der Waals surface area contributed by atoms with Crippen LogP contribution in [0.4, 0.5) is 4.79 Å². The van der Waals surface area contributed by atoms with Crippen molar-refractivity contribution in [3.05, 3.63) is 42.4 Å². The summed E-state index contributed by atoms with van der Waals surface area (Å²) in [7, 11) is 1.62. The highest BCUT2D eigenvalue weighted by atomic mass is 16.5. The topological polar surface area (TPSA) is 75.6 Å². The summed E-state index contributed by atoms with van der Waals surface area (Å²) in [6.45, 7) is 0.927. The van der Waals surface area contributed by atoms with Crippen LogP contribution in [0.2, 0.25) is 0 Å². The molecule has 0 spiro atoms. The summed E-state index contributed by atoms with van der Waals surface area (Å²) < 4.78 is 5.23. The van der Waals surface area contributed by atoms with Crippen molar-refractivity contribution in [2.45, 2.75) is 5.92 Å². The van der Waals surface area contributed by atoms with Gasteiger partial charge in [-0.1, -0.05) is 12.1 Å². The van der Waals surface area contributed by atoms with Crippen LogP contribution in [-0.2, 0) is 0 Å². The van der Waals surface area contributed by atoms with Crippen LogP contribution in [0.3, 0.4) is 0 Å². The van der Waals surface area contributed by atoms with Gasteiger partial charge >= 0.3 is 6.09 Å². The molecule has 1 aliphatic rings.